The van der Waals surface area contributed by atoms with E-state index in [-0.39, 0.29) is 23.8 Å². The van der Waals surface area contributed by atoms with Gasteiger partial charge < -0.3 is 9.30 Å². The van der Waals surface area contributed by atoms with E-state index in [4.69, 9.17) is 4.74 Å². The molecule has 1 heterocycles. The van der Waals surface area contributed by atoms with Gasteiger partial charge in [-0.2, -0.15) is 4.31 Å². The zero-order valence-corrected chi connectivity index (χ0v) is 19.3. The van der Waals surface area contributed by atoms with Gasteiger partial charge in [-0.15, -0.1) is 0 Å². The molecule has 2 aromatic rings. The molecule has 2 rings (SSSR count). The third-order valence-corrected chi connectivity index (χ3v) is 7.05. The maximum absolute atomic E-state index is 13.2. The Balaban J connectivity index is 2.46. The molecular formula is C22H30N2O5S. The number of benzene rings is 1. The quantitative estimate of drug-likeness (QED) is 0.445. The van der Waals surface area contributed by atoms with E-state index in [0.29, 0.717) is 35.5 Å². The molecule has 0 radical (unpaired) electrons. The summed E-state index contributed by atoms with van der Waals surface area (Å²) in [6.45, 7) is 9.49. The lowest BCUT2D eigenvalue weighted by atomic mass is 10.1. The first-order valence-corrected chi connectivity index (χ1v) is 11.4. The Morgan fingerprint density at radius 2 is 1.67 bits per heavy atom. The monoisotopic (exact) mass is 434 g/mol. The third-order valence-electron chi connectivity index (χ3n) is 5.19. The van der Waals surface area contributed by atoms with Crippen molar-refractivity contribution < 1.29 is 22.7 Å². The smallest absolute Gasteiger partial charge is 0.354 e. The van der Waals surface area contributed by atoms with Gasteiger partial charge in [-0.25, -0.2) is 13.2 Å². The summed E-state index contributed by atoms with van der Waals surface area (Å²) in [7, 11) is -2.53. The molecule has 0 N–H and O–H groups in total. The Labute approximate surface area is 178 Å². The predicted molar refractivity (Wildman–Crippen MR) is 115 cm³/mol. The van der Waals surface area contributed by atoms with Crippen LogP contribution in [0.5, 0.6) is 0 Å². The van der Waals surface area contributed by atoms with E-state index in [1.165, 1.54) is 11.4 Å². The first kappa shape index (κ1) is 23.8. The molecule has 7 nitrogen and oxygen atoms in total. The van der Waals surface area contributed by atoms with E-state index in [1.807, 2.05) is 20.8 Å². The highest BCUT2D eigenvalue weighted by molar-refractivity contribution is 7.89. The van der Waals surface area contributed by atoms with Gasteiger partial charge in [0.1, 0.15) is 5.69 Å². The van der Waals surface area contributed by atoms with E-state index in [1.54, 1.807) is 42.7 Å². The number of ketones is 1. The Hall–Kier alpha value is -2.45. The number of esters is 1. The summed E-state index contributed by atoms with van der Waals surface area (Å²) in [6, 6.07) is 6.57. The Kier molecular flexibility index (Phi) is 7.60. The second-order valence-corrected chi connectivity index (χ2v) is 9.18. The number of Topliss-reactive ketones (excluding diaryl/α,β-unsaturated/α-hetero) is 1. The zero-order chi connectivity index (χ0) is 22.6. The second kappa shape index (κ2) is 9.57. The highest BCUT2D eigenvalue weighted by atomic mass is 32.2. The molecular weight excluding hydrogens is 404 g/mol. The van der Waals surface area contributed by atoms with Crippen LogP contribution < -0.4 is 0 Å². The fourth-order valence-electron chi connectivity index (χ4n) is 3.69. The van der Waals surface area contributed by atoms with Crippen molar-refractivity contribution in [1.82, 2.24) is 8.87 Å². The van der Waals surface area contributed by atoms with Crippen LogP contribution in [0.1, 0.15) is 57.9 Å². The number of nitrogens with zero attached hydrogens (tertiary/aromatic N) is 2. The van der Waals surface area contributed by atoms with Crippen LogP contribution >= 0.6 is 0 Å². The second-order valence-electron chi connectivity index (χ2n) is 7.24. The predicted octanol–water partition coefficient (Wildman–Crippen LogP) is 3.50. The summed E-state index contributed by atoms with van der Waals surface area (Å²) in [6.07, 6.45) is 0.569. The van der Waals surface area contributed by atoms with E-state index in [9.17, 15) is 18.0 Å². The topological polar surface area (TPSA) is 85.7 Å². The van der Waals surface area contributed by atoms with E-state index >= 15 is 0 Å². The molecule has 1 aromatic heterocycles. The van der Waals surface area contributed by atoms with Gasteiger partial charge in [0.05, 0.1) is 18.6 Å². The standard InChI is InChI=1S/C22H30N2O5S/c1-7-13-23(30(27,28)18-11-9-15(3)10-12-18)14-19(25)20-16(4)21(22(26)29-6)24(8-2)17(20)5/h9-12H,7-8,13-14H2,1-6H3. The van der Waals surface area contributed by atoms with Crippen molar-refractivity contribution in [3.05, 3.63) is 52.3 Å². The van der Waals surface area contributed by atoms with Crippen LogP contribution in [-0.2, 0) is 21.3 Å². The average Bonchev–Trinajstić information content (AvgIpc) is 2.96. The van der Waals surface area contributed by atoms with Crippen molar-refractivity contribution in [2.75, 3.05) is 20.2 Å². The number of hydrogen-bond donors (Lipinski definition) is 0. The Morgan fingerprint density at radius 1 is 1.07 bits per heavy atom. The fraction of sp³-hybridized carbons (Fsp3) is 0.455. The molecule has 0 spiro atoms. The van der Waals surface area contributed by atoms with Crippen LogP contribution in [0.3, 0.4) is 0 Å². The molecule has 0 aliphatic rings. The summed E-state index contributed by atoms with van der Waals surface area (Å²) in [5, 5.41) is 0. The maximum Gasteiger partial charge on any atom is 0.354 e. The highest BCUT2D eigenvalue weighted by Gasteiger charge is 2.31. The van der Waals surface area contributed by atoms with Crippen LogP contribution in [0.15, 0.2) is 29.2 Å². The number of rotatable bonds is 9. The number of hydrogen-bond acceptors (Lipinski definition) is 5. The van der Waals surface area contributed by atoms with Crippen molar-refractivity contribution in [3.8, 4) is 0 Å². The molecule has 0 saturated heterocycles. The van der Waals surface area contributed by atoms with Crippen molar-refractivity contribution in [1.29, 1.82) is 0 Å². The summed E-state index contributed by atoms with van der Waals surface area (Å²) >= 11 is 0. The van der Waals surface area contributed by atoms with Crippen LogP contribution in [0.4, 0.5) is 0 Å². The number of aryl methyl sites for hydroxylation is 1. The molecule has 0 aliphatic carbocycles. The molecule has 164 valence electrons. The summed E-state index contributed by atoms with van der Waals surface area (Å²) in [4.78, 5) is 25.6. The summed E-state index contributed by atoms with van der Waals surface area (Å²) < 4.78 is 34.1. The minimum atomic E-state index is -3.82. The lowest BCUT2D eigenvalue weighted by molar-refractivity contribution is 0.0587. The van der Waals surface area contributed by atoms with Gasteiger partial charge in [-0.1, -0.05) is 24.6 Å². The first-order chi connectivity index (χ1) is 14.1. The third kappa shape index (κ3) is 4.49. The van der Waals surface area contributed by atoms with Gasteiger partial charge in [-0.3, -0.25) is 4.79 Å². The molecule has 8 heteroatoms. The van der Waals surface area contributed by atoms with Crippen LogP contribution in [-0.4, -0.2) is 49.2 Å². The molecule has 0 atom stereocenters. The van der Waals surface area contributed by atoms with Gasteiger partial charge in [0, 0.05) is 24.3 Å². The van der Waals surface area contributed by atoms with Crippen LogP contribution in [0.25, 0.3) is 0 Å². The fourth-order valence-corrected chi connectivity index (χ4v) is 5.18. The number of methoxy groups -OCH3 is 1. The van der Waals surface area contributed by atoms with Crippen molar-refractivity contribution in [2.45, 2.75) is 52.5 Å². The lowest BCUT2D eigenvalue weighted by Gasteiger charge is -2.21. The molecule has 0 amide bonds. The minimum absolute atomic E-state index is 0.157. The van der Waals surface area contributed by atoms with E-state index in [0.717, 1.165) is 5.56 Å². The largest absolute Gasteiger partial charge is 0.464 e. The molecule has 0 unspecified atom stereocenters. The van der Waals surface area contributed by atoms with Gasteiger partial charge in [0.25, 0.3) is 0 Å². The highest BCUT2D eigenvalue weighted by Crippen LogP contribution is 2.25. The Morgan fingerprint density at radius 3 is 2.17 bits per heavy atom. The maximum atomic E-state index is 13.2. The first-order valence-electron chi connectivity index (χ1n) is 9.98. The number of carbonyl (C=O) groups excluding carboxylic acids is 2. The molecule has 0 aliphatic heterocycles. The summed E-state index contributed by atoms with van der Waals surface area (Å²) in [5.74, 6) is -0.860. The zero-order valence-electron chi connectivity index (χ0n) is 18.5. The lowest BCUT2D eigenvalue weighted by Crippen LogP contribution is -2.36. The van der Waals surface area contributed by atoms with Crippen LogP contribution in [0.2, 0.25) is 0 Å². The van der Waals surface area contributed by atoms with Crippen LogP contribution in [0, 0.1) is 20.8 Å². The van der Waals surface area contributed by atoms with Crippen molar-refractivity contribution in [3.63, 3.8) is 0 Å². The van der Waals surface area contributed by atoms with Gasteiger partial charge in [-0.05, 0) is 51.8 Å². The van der Waals surface area contributed by atoms with Gasteiger partial charge in [0.2, 0.25) is 10.0 Å². The normalized spacial score (nSPS) is 11.7. The molecule has 0 saturated carbocycles. The Bertz CT molecular complexity index is 1040. The van der Waals surface area contributed by atoms with Crippen molar-refractivity contribution >= 4 is 21.8 Å². The molecule has 1 aromatic carbocycles. The van der Waals surface area contributed by atoms with Gasteiger partial charge in [0.15, 0.2) is 5.78 Å². The van der Waals surface area contributed by atoms with E-state index in [2.05, 4.69) is 0 Å². The van der Waals surface area contributed by atoms with Gasteiger partial charge >= 0.3 is 5.97 Å². The molecule has 30 heavy (non-hydrogen) atoms. The molecule has 0 fully saturated rings. The summed E-state index contributed by atoms with van der Waals surface area (Å²) in [5.41, 5.74) is 2.79. The number of sulfonamides is 1. The minimum Gasteiger partial charge on any atom is -0.464 e. The van der Waals surface area contributed by atoms with E-state index < -0.39 is 16.0 Å². The molecule has 0 bridgehead atoms. The van der Waals surface area contributed by atoms with Crippen molar-refractivity contribution in [2.24, 2.45) is 0 Å². The average molecular weight is 435 g/mol. The number of carbonyl (C=O) groups is 2. The number of aromatic nitrogens is 1. The SMILES string of the molecule is CCCN(CC(=O)c1c(C)c(C(=O)OC)n(CC)c1C)S(=O)(=O)c1ccc(C)cc1. The number of ether oxygens (including phenoxy) is 1.